The van der Waals surface area contributed by atoms with Gasteiger partial charge in [-0.3, -0.25) is 0 Å². The molecule has 0 aliphatic rings. The molecular formula is C18H10BrNS. The molecule has 1 nitrogen and oxygen atoms in total. The fourth-order valence-electron chi connectivity index (χ4n) is 2.04. The number of thiophene rings is 1. The minimum absolute atomic E-state index is 0.654. The van der Waals surface area contributed by atoms with Crippen LogP contribution >= 0.6 is 27.3 Å². The van der Waals surface area contributed by atoms with Crippen LogP contribution in [-0.2, 0) is 0 Å². The van der Waals surface area contributed by atoms with Crippen LogP contribution in [0.3, 0.4) is 0 Å². The number of aryl methyl sites for hydroxylation is 1. The Kier molecular flexibility index (Phi) is 3.80. The molecule has 0 spiro atoms. The van der Waals surface area contributed by atoms with E-state index in [2.05, 4.69) is 52.9 Å². The highest BCUT2D eigenvalue weighted by atomic mass is 79.9. The van der Waals surface area contributed by atoms with Crippen LogP contribution in [0.15, 0.2) is 46.9 Å². The molecule has 3 rings (SSSR count). The van der Waals surface area contributed by atoms with E-state index >= 15 is 0 Å². The van der Waals surface area contributed by atoms with Crippen LogP contribution < -0.4 is 0 Å². The first-order chi connectivity index (χ1) is 10.2. The van der Waals surface area contributed by atoms with Crippen LogP contribution in [0.1, 0.15) is 21.6 Å². The second kappa shape index (κ2) is 5.74. The van der Waals surface area contributed by atoms with E-state index < -0.39 is 0 Å². The Bertz CT molecular complexity index is 918. The van der Waals surface area contributed by atoms with E-state index in [1.807, 2.05) is 18.2 Å². The van der Waals surface area contributed by atoms with Crippen molar-refractivity contribution in [3.63, 3.8) is 0 Å². The first-order valence-electron chi connectivity index (χ1n) is 6.38. The maximum Gasteiger partial charge on any atom is 0.0991 e. The third kappa shape index (κ3) is 2.85. The maximum absolute atomic E-state index is 8.77. The summed E-state index contributed by atoms with van der Waals surface area (Å²) < 4.78 is 2.42. The summed E-state index contributed by atoms with van der Waals surface area (Å²) in [6.07, 6.45) is 0. The van der Waals surface area contributed by atoms with E-state index in [1.165, 1.54) is 19.4 Å². The molecular weight excluding hydrogens is 342 g/mol. The van der Waals surface area contributed by atoms with Crippen LogP contribution in [-0.4, -0.2) is 0 Å². The Hall–Kier alpha value is -2.07. The van der Waals surface area contributed by atoms with Gasteiger partial charge in [0.1, 0.15) is 0 Å². The van der Waals surface area contributed by atoms with Gasteiger partial charge in [0, 0.05) is 30.6 Å². The van der Waals surface area contributed by atoms with Gasteiger partial charge in [0.2, 0.25) is 0 Å². The molecule has 0 unspecified atom stereocenters. The summed E-state index contributed by atoms with van der Waals surface area (Å²) >= 11 is 5.38. The number of hydrogen-bond donors (Lipinski definition) is 0. The molecule has 100 valence electrons. The zero-order chi connectivity index (χ0) is 14.8. The quantitative estimate of drug-likeness (QED) is 0.508. The van der Waals surface area contributed by atoms with Crippen LogP contribution in [0.2, 0.25) is 0 Å². The molecule has 3 aromatic rings. The second-order valence-corrected chi connectivity index (χ2v) is 6.67. The Labute approximate surface area is 136 Å². The molecule has 0 aliphatic heterocycles. The fraction of sp³-hybridized carbons (Fsp3) is 0.0556. The van der Waals surface area contributed by atoms with E-state index in [-0.39, 0.29) is 0 Å². The van der Waals surface area contributed by atoms with Crippen molar-refractivity contribution in [3.8, 4) is 17.9 Å². The lowest BCUT2D eigenvalue weighted by Crippen LogP contribution is -1.78. The summed E-state index contributed by atoms with van der Waals surface area (Å²) in [6, 6.07) is 15.7. The van der Waals surface area contributed by atoms with Gasteiger partial charge in [-0.15, -0.1) is 11.3 Å². The Morgan fingerprint density at radius 2 is 1.57 bits per heavy atom. The summed E-state index contributed by atoms with van der Waals surface area (Å²) in [5.41, 5.74) is 2.57. The number of rotatable bonds is 0. The Balaban J connectivity index is 1.95. The minimum atomic E-state index is 0.654. The van der Waals surface area contributed by atoms with Gasteiger partial charge >= 0.3 is 0 Å². The summed E-state index contributed by atoms with van der Waals surface area (Å²) in [6.45, 7) is 2.11. The summed E-state index contributed by atoms with van der Waals surface area (Å²) in [7, 11) is 0. The zero-order valence-electron chi connectivity index (χ0n) is 11.3. The van der Waals surface area contributed by atoms with Gasteiger partial charge in [-0.05, 0) is 59.3 Å². The predicted molar refractivity (Wildman–Crippen MR) is 91.4 cm³/mol. The van der Waals surface area contributed by atoms with Crippen LogP contribution in [0, 0.1) is 30.1 Å². The second-order valence-electron chi connectivity index (χ2n) is 4.62. The van der Waals surface area contributed by atoms with Gasteiger partial charge in [0.05, 0.1) is 11.6 Å². The number of hydrogen-bond acceptors (Lipinski definition) is 2. The highest BCUT2D eigenvalue weighted by Gasteiger charge is 2.05. The molecule has 0 radical (unpaired) electrons. The Morgan fingerprint density at radius 3 is 2.29 bits per heavy atom. The standard InChI is InChI=1S/C18H10BrNS/c1-12-18(19)16-9-8-14(10-17(16)21-12)5-2-13-3-6-15(11-20)7-4-13/h3-4,6-10H,1H3. The van der Waals surface area contributed by atoms with Gasteiger partial charge < -0.3 is 0 Å². The molecule has 1 aromatic heterocycles. The molecule has 0 bridgehead atoms. The number of halogens is 1. The van der Waals surface area contributed by atoms with Crippen molar-refractivity contribution >= 4 is 37.4 Å². The van der Waals surface area contributed by atoms with Gasteiger partial charge in [-0.2, -0.15) is 5.26 Å². The summed E-state index contributed by atoms with van der Waals surface area (Å²) in [4.78, 5) is 1.28. The minimum Gasteiger partial charge on any atom is -0.192 e. The molecule has 21 heavy (non-hydrogen) atoms. The van der Waals surface area contributed by atoms with Crippen LogP contribution in [0.25, 0.3) is 10.1 Å². The largest absolute Gasteiger partial charge is 0.192 e. The van der Waals surface area contributed by atoms with Crippen molar-refractivity contribution in [2.45, 2.75) is 6.92 Å². The van der Waals surface area contributed by atoms with E-state index in [1.54, 1.807) is 23.5 Å². The SMILES string of the molecule is Cc1sc2cc(C#Cc3ccc(C#N)cc3)ccc2c1Br. The smallest absolute Gasteiger partial charge is 0.0991 e. The van der Waals surface area contributed by atoms with E-state index in [9.17, 15) is 0 Å². The van der Waals surface area contributed by atoms with Gasteiger partial charge in [-0.1, -0.05) is 17.9 Å². The summed E-state index contributed by atoms with van der Waals surface area (Å²) in [5, 5.41) is 10.0. The third-order valence-corrected chi connectivity index (χ3v) is 5.51. The first-order valence-corrected chi connectivity index (χ1v) is 7.99. The average Bonchev–Trinajstić information content (AvgIpc) is 2.80. The van der Waals surface area contributed by atoms with Crippen molar-refractivity contribution in [3.05, 3.63) is 68.5 Å². The molecule has 0 fully saturated rings. The molecule has 3 heteroatoms. The topological polar surface area (TPSA) is 23.8 Å². The lowest BCUT2D eigenvalue weighted by Gasteiger charge is -1.93. The van der Waals surface area contributed by atoms with Crippen molar-refractivity contribution < 1.29 is 0 Å². The zero-order valence-corrected chi connectivity index (χ0v) is 13.7. The van der Waals surface area contributed by atoms with E-state index in [0.29, 0.717) is 5.56 Å². The monoisotopic (exact) mass is 351 g/mol. The Morgan fingerprint density at radius 1 is 0.952 bits per heavy atom. The van der Waals surface area contributed by atoms with Crippen molar-refractivity contribution in [1.82, 2.24) is 0 Å². The predicted octanol–water partition coefficient (Wildman–Crippen LogP) is 5.24. The van der Waals surface area contributed by atoms with Gasteiger partial charge in [-0.25, -0.2) is 0 Å². The molecule has 0 aliphatic carbocycles. The number of nitriles is 1. The molecule has 0 amide bonds. The van der Waals surface area contributed by atoms with Gasteiger partial charge in [0.25, 0.3) is 0 Å². The molecule has 2 aromatic carbocycles. The highest BCUT2D eigenvalue weighted by molar-refractivity contribution is 9.10. The number of nitrogens with zero attached hydrogens (tertiary/aromatic N) is 1. The van der Waals surface area contributed by atoms with Crippen molar-refractivity contribution in [2.24, 2.45) is 0 Å². The van der Waals surface area contributed by atoms with Crippen molar-refractivity contribution in [1.29, 1.82) is 5.26 Å². The average molecular weight is 352 g/mol. The molecule has 0 N–H and O–H groups in total. The molecule has 0 saturated carbocycles. The first kappa shape index (κ1) is 13.9. The van der Waals surface area contributed by atoms with E-state index in [0.717, 1.165) is 11.1 Å². The lowest BCUT2D eigenvalue weighted by atomic mass is 10.1. The third-order valence-electron chi connectivity index (χ3n) is 3.16. The molecule has 0 saturated heterocycles. The molecule has 0 atom stereocenters. The number of benzene rings is 2. The van der Waals surface area contributed by atoms with Crippen LogP contribution in [0.5, 0.6) is 0 Å². The number of fused-ring (bicyclic) bond motifs is 1. The maximum atomic E-state index is 8.77. The fourth-order valence-corrected chi connectivity index (χ4v) is 3.75. The van der Waals surface area contributed by atoms with Crippen molar-refractivity contribution in [2.75, 3.05) is 0 Å². The van der Waals surface area contributed by atoms with E-state index in [4.69, 9.17) is 5.26 Å². The normalized spacial score (nSPS) is 9.95. The summed E-state index contributed by atoms with van der Waals surface area (Å²) in [5.74, 6) is 6.31. The van der Waals surface area contributed by atoms with Crippen LogP contribution in [0.4, 0.5) is 0 Å². The molecule has 1 heterocycles. The van der Waals surface area contributed by atoms with Gasteiger partial charge in [0.15, 0.2) is 0 Å². The lowest BCUT2D eigenvalue weighted by molar-refractivity contribution is 1.48. The highest BCUT2D eigenvalue weighted by Crippen LogP contribution is 2.35.